The fraction of sp³-hybridized carbons (Fsp3) is 0.462. The summed E-state index contributed by atoms with van der Waals surface area (Å²) in [5, 5.41) is 21.5. The third-order valence-electron chi connectivity index (χ3n) is 7.48. The maximum Gasteiger partial charge on any atom is 0.416 e. The van der Waals surface area contributed by atoms with Crippen molar-refractivity contribution in [3.8, 4) is 0 Å². The summed E-state index contributed by atoms with van der Waals surface area (Å²) in [7, 11) is 1.65. The van der Waals surface area contributed by atoms with Gasteiger partial charge in [-0.05, 0) is 49.4 Å². The van der Waals surface area contributed by atoms with E-state index in [2.05, 4.69) is 20.6 Å². The van der Waals surface area contributed by atoms with Crippen LogP contribution in [0.15, 0.2) is 48.5 Å². The van der Waals surface area contributed by atoms with Gasteiger partial charge in [-0.3, -0.25) is 14.4 Å². The predicted octanol–water partition coefficient (Wildman–Crippen LogP) is 3.63. The number of nitrogens with zero attached hydrogens (tertiary/aromatic N) is 3. The van der Waals surface area contributed by atoms with Crippen molar-refractivity contribution in [2.75, 3.05) is 25.0 Å². The van der Waals surface area contributed by atoms with Crippen LogP contribution in [0.1, 0.15) is 36.8 Å². The van der Waals surface area contributed by atoms with Gasteiger partial charge in [0.15, 0.2) is 5.82 Å². The maximum atomic E-state index is 13.1. The van der Waals surface area contributed by atoms with Crippen LogP contribution >= 0.6 is 0 Å². The topological polar surface area (TPSA) is 82.4 Å². The third-order valence-corrected chi connectivity index (χ3v) is 7.48. The molecule has 1 aliphatic heterocycles. The van der Waals surface area contributed by atoms with Crippen LogP contribution in [-0.2, 0) is 23.6 Å². The van der Waals surface area contributed by atoms with Crippen LogP contribution in [-0.4, -0.2) is 57.4 Å². The number of carbonyl (C=O) groups excluding carboxylic acids is 1. The first-order valence-corrected chi connectivity index (χ1v) is 12.2. The van der Waals surface area contributed by atoms with Gasteiger partial charge in [-0.15, -0.1) is 0 Å². The number of anilines is 1. The zero-order chi connectivity index (χ0) is 25.5. The lowest BCUT2D eigenvalue weighted by molar-refractivity contribution is -0.137. The predicted molar refractivity (Wildman–Crippen MR) is 130 cm³/mol. The molecule has 10 heteroatoms. The van der Waals surface area contributed by atoms with Crippen molar-refractivity contribution in [2.45, 2.75) is 49.5 Å². The fourth-order valence-electron chi connectivity index (χ4n) is 5.40. The summed E-state index contributed by atoms with van der Waals surface area (Å²) in [5.74, 6) is 0.0182. The number of hydrogen-bond acceptors (Lipinski definition) is 5. The first-order chi connectivity index (χ1) is 17.1. The number of benzene rings is 2. The van der Waals surface area contributed by atoms with Crippen molar-refractivity contribution in [1.82, 2.24) is 20.0 Å². The van der Waals surface area contributed by atoms with E-state index in [1.165, 1.54) is 10.7 Å². The third kappa shape index (κ3) is 4.92. The summed E-state index contributed by atoms with van der Waals surface area (Å²) >= 11 is 0. The summed E-state index contributed by atoms with van der Waals surface area (Å²) in [5.41, 5.74) is 0.000457. The van der Waals surface area contributed by atoms with Crippen LogP contribution in [0, 0.1) is 0 Å². The first-order valence-electron chi connectivity index (χ1n) is 12.2. The fourth-order valence-corrected chi connectivity index (χ4v) is 5.40. The molecule has 36 heavy (non-hydrogen) atoms. The number of hydrogen-bond donors (Lipinski definition) is 3. The molecule has 0 bridgehead atoms. The van der Waals surface area contributed by atoms with Gasteiger partial charge in [0.2, 0.25) is 5.91 Å². The monoisotopic (exact) mass is 501 g/mol. The molecule has 0 unspecified atom stereocenters. The number of rotatable bonds is 6. The van der Waals surface area contributed by atoms with Crippen LogP contribution in [0.3, 0.4) is 0 Å². The second kappa shape index (κ2) is 9.40. The average Bonchev–Trinajstić information content (AvgIpc) is 3.15. The van der Waals surface area contributed by atoms with E-state index in [0.717, 1.165) is 43.6 Å². The number of fused-ring (bicyclic) bond motifs is 1. The van der Waals surface area contributed by atoms with E-state index in [1.54, 1.807) is 7.05 Å². The highest BCUT2D eigenvalue weighted by molar-refractivity contribution is 5.92. The molecule has 7 nitrogen and oxygen atoms in total. The summed E-state index contributed by atoms with van der Waals surface area (Å²) in [6, 6.07) is 13.7. The van der Waals surface area contributed by atoms with E-state index in [-0.39, 0.29) is 24.3 Å². The number of amides is 1. The van der Waals surface area contributed by atoms with Crippen molar-refractivity contribution in [1.29, 1.82) is 0 Å². The minimum Gasteiger partial charge on any atom is -0.385 e. The summed E-state index contributed by atoms with van der Waals surface area (Å²) in [6.07, 6.45) is -1.21. The van der Waals surface area contributed by atoms with Crippen molar-refractivity contribution in [3.05, 3.63) is 59.7 Å². The zero-order valence-electron chi connectivity index (χ0n) is 20.1. The summed E-state index contributed by atoms with van der Waals surface area (Å²) in [4.78, 5) is 14.8. The smallest absolute Gasteiger partial charge is 0.385 e. The van der Waals surface area contributed by atoms with Crippen LogP contribution in [0.2, 0.25) is 0 Å². The molecule has 1 saturated carbocycles. The Kier molecular flexibility index (Phi) is 6.42. The van der Waals surface area contributed by atoms with Crippen molar-refractivity contribution < 1.29 is 23.1 Å². The first kappa shape index (κ1) is 24.6. The van der Waals surface area contributed by atoms with Crippen LogP contribution in [0.25, 0.3) is 10.9 Å². The molecule has 3 N–H and O–H groups in total. The quantitative estimate of drug-likeness (QED) is 0.481. The van der Waals surface area contributed by atoms with Crippen LogP contribution in [0.5, 0.6) is 0 Å². The largest absolute Gasteiger partial charge is 0.416 e. The minimum absolute atomic E-state index is 0.0338. The Morgan fingerprint density at radius 1 is 1.14 bits per heavy atom. The standard InChI is InChI=1S/C26H30F3N5O2/c1-33-22-8-7-18(26(27,28)29)13-21(22)24(32-33)30-14-23(35)31-19-15-34(16-19)20-9-11-25(36,12-10-20)17-5-3-2-4-6-17/h2-8,13,19-20,36H,9-12,14-16H2,1H3,(H,30,32)(H,31,35)/t20-,25-. The Bertz CT molecular complexity index is 1230. The van der Waals surface area contributed by atoms with Gasteiger partial charge in [0.1, 0.15) is 0 Å². The van der Waals surface area contributed by atoms with Crippen LogP contribution in [0.4, 0.5) is 19.0 Å². The van der Waals surface area contributed by atoms with Gasteiger partial charge in [-0.25, -0.2) is 0 Å². The molecule has 1 amide bonds. The second-order valence-corrected chi connectivity index (χ2v) is 9.90. The maximum absolute atomic E-state index is 13.1. The van der Waals surface area contributed by atoms with E-state index in [0.29, 0.717) is 29.8 Å². The van der Waals surface area contributed by atoms with Gasteiger partial charge in [0.25, 0.3) is 0 Å². The Morgan fingerprint density at radius 3 is 2.50 bits per heavy atom. The van der Waals surface area contributed by atoms with Gasteiger partial charge in [0.05, 0.1) is 29.3 Å². The Labute approximate surface area is 207 Å². The summed E-state index contributed by atoms with van der Waals surface area (Å²) < 4.78 is 40.8. The molecule has 2 aliphatic rings. The molecule has 1 aromatic heterocycles. The molecule has 0 radical (unpaired) electrons. The number of nitrogens with one attached hydrogen (secondary N) is 2. The molecule has 2 aromatic carbocycles. The number of aliphatic hydroxyl groups is 1. The molecule has 2 fully saturated rings. The Balaban J connectivity index is 1.09. The molecule has 1 aliphatic carbocycles. The highest BCUT2D eigenvalue weighted by Gasteiger charge is 2.40. The molecule has 0 spiro atoms. The van der Waals surface area contributed by atoms with Gasteiger partial charge in [-0.1, -0.05) is 30.3 Å². The van der Waals surface area contributed by atoms with E-state index in [4.69, 9.17) is 0 Å². The van der Waals surface area contributed by atoms with Crippen molar-refractivity contribution in [3.63, 3.8) is 0 Å². The van der Waals surface area contributed by atoms with Gasteiger partial charge < -0.3 is 15.7 Å². The van der Waals surface area contributed by atoms with Crippen molar-refractivity contribution >= 4 is 22.6 Å². The summed E-state index contributed by atoms with van der Waals surface area (Å²) in [6.45, 7) is 1.43. The lowest BCUT2D eigenvalue weighted by Crippen LogP contribution is -2.63. The molecular formula is C26H30F3N5O2. The molecule has 2 heterocycles. The number of carbonyl (C=O) groups is 1. The molecule has 1 saturated heterocycles. The van der Waals surface area contributed by atoms with E-state index in [9.17, 15) is 23.1 Å². The van der Waals surface area contributed by atoms with E-state index < -0.39 is 17.3 Å². The number of aromatic nitrogens is 2. The van der Waals surface area contributed by atoms with E-state index >= 15 is 0 Å². The lowest BCUT2D eigenvalue weighted by Gasteiger charge is -2.48. The number of halogens is 3. The van der Waals surface area contributed by atoms with E-state index in [1.807, 2.05) is 30.3 Å². The number of aryl methyl sites for hydroxylation is 1. The normalized spacial score (nSPS) is 23.4. The molecular weight excluding hydrogens is 471 g/mol. The SMILES string of the molecule is Cn1nc(NCC(=O)NC2CN([C@H]3CC[C@@](O)(c4ccccc4)CC3)C2)c2cc(C(F)(F)F)ccc21. The van der Waals surface area contributed by atoms with Crippen LogP contribution < -0.4 is 10.6 Å². The highest BCUT2D eigenvalue weighted by Crippen LogP contribution is 2.39. The highest BCUT2D eigenvalue weighted by atomic mass is 19.4. The lowest BCUT2D eigenvalue weighted by atomic mass is 9.76. The van der Waals surface area contributed by atoms with Gasteiger partial charge >= 0.3 is 6.18 Å². The average molecular weight is 502 g/mol. The molecule has 5 rings (SSSR count). The van der Waals surface area contributed by atoms with Gasteiger partial charge in [0, 0.05) is 31.6 Å². The number of alkyl halides is 3. The second-order valence-electron chi connectivity index (χ2n) is 9.90. The molecule has 0 atom stereocenters. The van der Waals surface area contributed by atoms with Crippen molar-refractivity contribution in [2.24, 2.45) is 7.05 Å². The molecule has 3 aromatic rings. The minimum atomic E-state index is -4.45. The Hall–Kier alpha value is -3.11. The van der Waals surface area contributed by atoms with Gasteiger partial charge in [-0.2, -0.15) is 18.3 Å². The Morgan fingerprint density at radius 2 is 1.83 bits per heavy atom. The molecule has 192 valence electrons. The number of likely N-dealkylation sites (tertiary alicyclic amines) is 1. The zero-order valence-corrected chi connectivity index (χ0v) is 20.1.